The molecule has 108 valence electrons. The molecule has 0 fully saturated rings. The molecule has 1 aromatic carbocycles. The van der Waals surface area contributed by atoms with E-state index in [2.05, 4.69) is 20.3 Å². The van der Waals surface area contributed by atoms with Crippen LogP contribution in [0.3, 0.4) is 0 Å². The number of hydrogen-bond acceptors (Lipinski definition) is 5. The third kappa shape index (κ3) is 3.47. The van der Waals surface area contributed by atoms with Crippen LogP contribution in [-0.4, -0.2) is 31.2 Å². The Labute approximate surface area is 121 Å². The van der Waals surface area contributed by atoms with Crippen molar-refractivity contribution in [3.63, 3.8) is 0 Å². The van der Waals surface area contributed by atoms with Gasteiger partial charge in [0.15, 0.2) is 0 Å². The summed E-state index contributed by atoms with van der Waals surface area (Å²) in [6, 6.07) is 8.75. The highest BCUT2D eigenvalue weighted by Crippen LogP contribution is 2.23. The minimum atomic E-state index is -0.650. The monoisotopic (exact) mass is 285 g/mol. The first-order valence-corrected chi connectivity index (χ1v) is 6.43. The molecule has 1 N–H and O–H groups in total. The van der Waals surface area contributed by atoms with Crippen molar-refractivity contribution in [2.75, 3.05) is 20.2 Å². The van der Waals surface area contributed by atoms with Gasteiger partial charge in [-0.15, -0.1) is 0 Å². The van der Waals surface area contributed by atoms with Gasteiger partial charge in [-0.3, -0.25) is 4.98 Å². The lowest BCUT2D eigenvalue weighted by Crippen LogP contribution is -2.31. The number of methoxy groups -OCH3 is 1. The molecule has 0 bridgehead atoms. The zero-order valence-corrected chi connectivity index (χ0v) is 11.6. The van der Waals surface area contributed by atoms with Crippen LogP contribution in [-0.2, 0) is 9.53 Å². The van der Waals surface area contributed by atoms with Gasteiger partial charge in [0.1, 0.15) is 6.04 Å². The fraction of sp³-hybridized carbons (Fsp3) is 0.286. The van der Waals surface area contributed by atoms with E-state index in [4.69, 9.17) is 10.3 Å². The number of azide groups is 1. The molecule has 7 nitrogen and oxygen atoms in total. The number of pyridine rings is 1. The van der Waals surface area contributed by atoms with E-state index in [1.807, 2.05) is 30.3 Å². The fourth-order valence-electron chi connectivity index (χ4n) is 2.10. The van der Waals surface area contributed by atoms with Crippen molar-refractivity contribution in [2.45, 2.75) is 6.04 Å². The molecule has 0 saturated heterocycles. The Bertz CT molecular complexity index is 677. The molecule has 2 aromatic rings. The molecule has 0 aliphatic rings. The SMILES string of the molecule is COC(=O)C(NCCN=[N+]=[N-])c1cccc2cccnc12. The summed E-state index contributed by atoms with van der Waals surface area (Å²) in [5, 5.41) is 7.41. The van der Waals surface area contributed by atoms with Crippen molar-refractivity contribution in [3.8, 4) is 0 Å². The lowest BCUT2D eigenvalue weighted by Gasteiger charge is -2.17. The largest absolute Gasteiger partial charge is 0.468 e. The summed E-state index contributed by atoms with van der Waals surface area (Å²) in [6.45, 7) is 0.620. The average Bonchev–Trinajstić information content (AvgIpc) is 2.54. The Balaban J connectivity index is 2.34. The van der Waals surface area contributed by atoms with E-state index in [9.17, 15) is 4.79 Å². The molecule has 1 unspecified atom stereocenters. The zero-order chi connectivity index (χ0) is 15.1. The van der Waals surface area contributed by atoms with E-state index in [0.29, 0.717) is 6.54 Å². The van der Waals surface area contributed by atoms with E-state index in [1.165, 1.54) is 7.11 Å². The molecule has 0 amide bonds. The Hall–Kier alpha value is -2.63. The number of benzene rings is 1. The first kappa shape index (κ1) is 14.8. The smallest absolute Gasteiger partial charge is 0.327 e. The number of carbonyl (C=O) groups excluding carboxylic acids is 1. The van der Waals surface area contributed by atoms with Crippen molar-refractivity contribution in [1.82, 2.24) is 10.3 Å². The van der Waals surface area contributed by atoms with E-state index in [-0.39, 0.29) is 6.54 Å². The number of nitrogens with one attached hydrogen (secondary N) is 1. The van der Waals surface area contributed by atoms with Gasteiger partial charge >= 0.3 is 5.97 Å². The van der Waals surface area contributed by atoms with Gasteiger partial charge in [0.25, 0.3) is 0 Å². The first-order chi connectivity index (χ1) is 10.3. The zero-order valence-electron chi connectivity index (χ0n) is 11.6. The lowest BCUT2D eigenvalue weighted by molar-refractivity contribution is -0.143. The summed E-state index contributed by atoms with van der Waals surface area (Å²) in [7, 11) is 1.34. The number of nitrogens with zero attached hydrogens (tertiary/aromatic N) is 4. The second-order valence-electron chi connectivity index (χ2n) is 4.29. The predicted octanol–water partition coefficient (Wildman–Crippen LogP) is 2.35. The maximum Gasteiger partial charge on any atom is 0.327 e. The van der Waals surface area contributed by atoms with Gasteiger partial charge in [-0.2, -0.15) is 0 Å². The normalized spacial score (nSPS) is 11.7. The van der Waals surface area contributed by atoms with Crippen LogP contribution >= 0.6 is 0 Å². The van der Waals surface area contributed by atoms with Crippen LogP contribution in [0.5, 0.6) is 0 Å². The third-order valence-electron chi connectivity index (χ3n) is 3.04. The molecule has 7 heteroatoms. The summed E-state index contributed by atoms with van der Waals surface area (Å²) in [5.41, 5.74) is 9.75. The van der Waals surface area contributed by atoms with Crippen LogP contribution in [0.1, 0.15) is 11.6 Å². The van der Waals surface area contributed by atoms with Gasteiger partial charge in [-0.1, -0.05) is 29.4 Å². The van der Waals surface area contributed by atoms with Crippen LogP contribution in [0, 0.1) is 0 Å². The highest BCUT2D eigenvalue weighted by molar-refractivity contribution is 5.88. The molecule has 21 heavy (non-hydrogen) atoms. The Morgan fingerprint density at radius 2 is 2.29 bits per heavy atom. The quantitative estimate of drug-likeness (QED) is 0.289. The minimum Gasteiger partial charge on any atom is -0.468 e. The van der Waals surface area contributed by atoms with E-state index < -0.39 is 12.0 Å². The summed E-state index contributed by atoms with van der Waals surface area (Å²) in [6.07, 6.45) is 1.68. The molecule has 1 atom stereocenters. The van der Waals surface area contributed by atoms with Crippen molar-refractivity contribution in [1.29, 1.82) is 0 Å². The van der Waals surface area contributed by atoms with Crippen LogP contribution < -0.4 is 5.32 Å². The van der Waals surface area contributed by atoms with E-state index >= 15 is 0 Å². The fourth-order valence-corrected chi connectivity index (χ4v) is 2.10. The number of hydrogen-bond donors (Lipinski definition) is 1. The summed E-state index contributed by atoms with van der Waals surface area (Å²) in [4.78, 5) is 19.0. The van der Waals surface area contributed by atoms with Gasteiger partial charge in [0, 0.05) is 35.1 Å². The molecule has 0 saturated carbocycles. The van der Waals surface area contributed by atoms with Crippen molar-refractivity contribution >= 4 is 16.9 Å². The second kappa shape index (κ2) is 7.23. The van der Waals surface area contributed by atoms with Gasteiger partial charge in [-0.05, 0) is 11.6 Å². The molecule has 0 aliphatic heterocycles. The Morgan fingerprint density at radius 3 is 3.05 bits per heavy atom. The second-order valence-corrected chi connectivity index (χ2v) is 4.29. The maximum absolute atomic E-state index is 12.0. The number of rotatable bonds is 6. The standard InChI is InChI=1S/C14H15N5O2/c1-21-14(20)13(17-8-9-18-19-15)11-6-2-4-10-5-3-7-16-12(10)11/h2-7,13,17H,8-9H2,1H3. The van der Waals surface area contributed by atoms with Crippen LogP contribution in [0.15, 0.2) is 41.6 Å². The van der Waals surface area contributed by atoms with Crippen LogP contribution in [0.4, 0.5) is 0 Å². The molecule has 0 radical (unpaired) electrons. The molecule has 0 aliphatic carbocycles. The van der Waals surface area contributed by atoms with E-state index in [1.54, 1.807) is 6.20 Å². The van der Waals surface area contributed by atoms with Crippen molar-refractivity contribution in [2.24, 2.45) is 5.11 Å². The number of esters is 1. The number of aromatic nitrogens is 1. The highest BCUT2D eigenvalue weighted by Gasteiger charge is 2.22. The molecular formula is C14H15N5O2. The van der Waals surface area contributed by atoms with Gasteiger partial charge in [0.05, 0.1) is 12.6 Å². The number of para-hydroxylation sites is 1. The van der Waals surface area contributed by atoms with Crippen molar-refractivity contribution in [3.05, 3.63) is 52.5 Å². The Morgan fingerprint density at radius 1 is 1.48 bits per heavy atom. The third-order valence-corrected chi connectivity index (χ3v) is 3.04. The van der Waals surface area contributed by atoms with Gasteiger partial charge in [0.2, 0.25) is 0 Å². The van der Waals surface area contributed by atoms with E-state index in [0.717, 1.165) is 16.5 Å². The van der Waals surface area contributed by atoms with Crippen LogP contribution in [0.25, 0.3) is 21.3 Å². The summed E-state index contributed by atoms with van der Waals surface area (Å²) < 4.78 is 4.84. The highest BCUT2D eigenvalue weighted by atomic mass is 16.5. The molecule has 0 spiro atoms. The first-order valence-electron chi connectivity index (χ1n) is 6.43. The molecule has 2 rings (SSSR count). The number of ether oxygens (including phenoxy) is 1. The summed E-state index contributed by atoms with van der Waals surface area (Å²) >= 11 is 0. The lowest BCUT2D eigenvalue weighted by atomic mass is 10.0. The summed E-state index contributed by atoms with van der Waals surface area (Å²) in [5.74, 6) is -0.408. The molecule has 1 heterocycles. The number of fused-ring (bicyclic) bond motifs is 1. The topological polar surface area (TPSA) is 100.0 Å². The minimum absolute atomic E-state index is 0.252. The molecule has 1 aromatic heterocycles. The Kier molecular flexibility index (Phi) is 5.09. The van der Waals surface area contributed by atoms with Gasteiger partial charge in [-0.25, -0.2) is 4.79 Å². The average molecular weight is 285 g/mol. The number of carbonyl (C=O) groups is 1. The van der Waals surface area contributed by atoms with Crippen molar-refractivity contribution < 1.29 is 9.53 Å². The van der Waals surface area contributed by atoms with Crippen LogP contribution in [0.2, 0.25) is 0 Å². The molecular weight excluding hydrogens is 270 g/mol. The predicted molar refractivity (Wildman–Crippen MR) is 78.5 cm³/mol. The van der Waals surface area contributed by atoms with Gasteiger partial charge < -0.3 is 10.1 Å². The maximum atomic E-state index is 12.0.